The van der Waals surface area contributed by atoms with Crippen LogP contribution < -0.4 is 0 Å². The number of aryl methyl sites for hydroxylation is 1. The highest BCUT2D eigenvalue weighted by Gasteiger charge is 2.10. The maximum atomic E-state index is 6.13. The molecule has 0 aliphatic carbocycles. The number of aromatic nitrogens is 1. The van der Waals surface area contributed by atoms with Gasteiger partial charge in [-0.3, -0.25) is 0 Å². The summed E-state index contributed by atoms with van der Waals surface area (Å²) in [6, 6.07) is 14.2. The van der Waals surface area contributed by atoms with Gasteiger partial charge in [-0.15, -0.1) is 0 Å². The number of hydrogen-bond donors (Lipinski definition) is 0. The van der Waals surface area contributed by atoms with Gasteiger partial charge >= 0.3 is 0 Å². The molecule has 3 heteroatoms. The molecular weight excluding hydrogens is 258 g/mol. The molecule has 0 saturated heterocycles. The topological polar surface area (TPSA) is 26.0 Å². The second-order valence-electron chi connectivity index (χ2n) is 4.67. The normalized spacial score (nSPS) is 11.7. The molecule has 0 amide bonds. The summed E-state index contributed by atoms with van der Waals surface area (Å²) in [5, 5.41) is 5.26. The van der Waals surface area contributed by atoms with Gasteiger partial charge in [-0.25, -0.2) is 4.98 Å². The van der Waals surface area contributed by atoms with Crippen LogP contribution in [0.1, 0.15) is 5.89 Å². The standard InChI is InChI=1S/C16H10ClNO/c1-9-18-16-14(19-9)7-5-11-3-2-10-4-6-12(17)8-13(10)15(11)16/h2-8H,1H3. The summed E-state index contributed by atoms with van der Waals surface area (Å²) in [7, 11) is 0. The molecule has 0 N–H and O–H groups in total. The van der Waals surface area contributed by atoms with E-state index in [1.165, 1.54) is 0 Å². The second kappa shape index (κ2) is 3.72. The number of nitrogens with zero attached hydrogens (tertiary/aromatic N) is 1. The molecule has 0 saturated carbocycles. The van der Waals surface area contributed by atoms with Crippen molar-refractivity contribution < 1.29 is 4.42 Å². The average molecular weight is 268 g/mol. The first-order chi connectivity index (χ1) is 9.22. The zero-order chi connectivity index (χ0) is 13.0. The largest absolute Gasteiger partial charge is 0.441 e. The molecule has 92 valence electrons. The minimum atomic E-state index is 0.682. The molecule has 1 heterocycles. The Kier molecular flexibility index (Phi) is 2.12. The third kappa shape index (κ3) is 1.53. The number of benzene rings is 3. The van der Waals surface area contributed by atoms with Crippen LogP contribution in [0.5, 0.6) is 0 Å². The molecule has 2 nitrogen and oxygen atoms in total. The molecular formula is C16H10ClNO. The molecule has 0 fully saturated rings. The zero-order valence-electron chi connectivity index (χ0n) is 10.3. The van der Waals surface area contributed by atoms with E-state index in [2.05, 4.69) is 23.2 Å². The SMILES string of the molecule is Cc1nc2c(ccc3ccc4ccc(Cl)cc4c32)o1. The third-order valence-corrected chi connectivity index (χ3v) is 3.66. The quantitative estimate of drug-likeness (QED) is 0.415. The van der Waals surface area contributed by atoms with Crippen LogP contribution in [-0.4, -0.2) is 4.98 Å². The summed E-state index contributed by atoms with van der Waals surface area (Å²) < 4.78 is 5.61. The summed E-state index contributed by atoms with van der Waals surface area (Å²) >= 11 is 6.13. The Morgan fingerprint density at radius 2 is 1.74 bits per heavy atom. The van der Waals surface area contributed by atoms with Gasteiger partial charge in [-0.05, 0) is 34.4 Å². The zero-order valence-corrected chi connectivity index (χ0v) is 11.0. The Morgan fingerprint density at radius 1 is 1.00 bits per heavy atom. The first-order valence-corrected chi connectivity index (χ1v) is 6.48. The van der Waals surface area contributed by atoms with Gasteiger partial charge in [-0.1, -0.05) is 35.9 Å². The molecule has 19 heavy (non-hydrogen) atoms. The number of hydrogen-bond acceptors (Lipinski definition) is 2. The van der Waals surface area contributed by atoms with Gasteiger partial charge in [0.25, 0.3) is 0 Å². The lowest BCUT2D eigenvalue weighted by molar-refractivity contribution is 0.561. The lowest BCUT2D eigenvalue weighted by atomic mass is 10.0. The van der Waals surface area contributed by atoms with E-state index >= 15 is 0 Å². The van der Waals surface area contributed by atoms with Crippen molar-refractivity contribution in [2.45, 2.75) is 6.92 Å². The third-order valence-electron chi connectivity index (χ3n) is 3.43. The number of rotatable bonds is 0. The van der Waals surface area contributed by atoms with E-state index in [0.717, 1.165) is 37.7 Å². The second-order valence-corrected chi connectivity index (χ2v) is 5.11. The van der Waals surface area contributed by atoms with Crippen molar-refractivity contribution in [3.05, 3.63) is 53.4 Å². The van der Waals surface area contributed by atoms with Crippen molar-refractivity contribution in [3.8, 4) is 0 Å². The summed E-state index contributed by atoms with van der Waals surface area (Å²) in [5.41, 5.74) is 1.72. The van der Waals surface area contributed by atoms with Gasteiger partial charge in [0.2, 0.25) is 0 Å². The highest BCUT2D eigenvalue weighted by molar-refractivity contribution is 6.32. The summed E-state index contributed by atoms with van der Waals surface area (Å²) in [6.45, 7) is 1.87. The van der Waals surface area contributed by atoms with Crippen molar-refractivity contribution in [1.29, 1.82) is 0 Å². The molecule has 4 rings (SSSR count). The van der Waals surface area contributed by atoms with Crippen LogP contribution in [0.15, 0.2) is 46.9 Å². The van der Waals surface area contributed by atoms with Gasteiger partial charge in [0.15, 0.2) is 11.5 Å². The van der Waals surface area contributed by atoms with Crippen molar-refractivity contribution in [2.75, 3.05) is 0 Å². The molecule has 4 aromatic rings. The fraction of sp³-hybridized carbons (Fsp3) is 0.0625. The highest BCUT2D eigenvalue weighted by Crippen LogP contribution is 2.33. The maximum Gasteiger partial charge on any atom is 0.192 e. The van der Waals surface area contributed by atoms with Crippen LogP contribution in [0.2, 0.25) is 5.02 Å². The molecule has 0 aliphatic rings. The summed E-state index contributed by atoms with van der Waals surface area (Å²) in [5.74, 6) is 0.682. The van der Waals surface area contributed by atoms with Crippen LogP contribution in [-0.2, 0) is 0 Å². The number of fused-ring (bicyclic) bond motifs is 5. The fourth-order valence-electron chi connectivity index (χ4n) is 2.61. The van der Waals surface area contributed by atoms with Gasteiger partial charge in [0.05, 0.1) is 0 Å². The van der Waals surface area contributed by atoms with E-state index in [1.807, 2.05) is 31.2 Å². The summed E-state index contributed by atoms with van der Waals surface area (Å²) in [6.07, 6.45) is 0. The fourth-order valence-corrected chi connectivity index (χ4v) is 2.78. The monoisotopic (exact) mass is 267 g/mol. The molecule has 0 spiro atoms. The van der Waals surface area contributed by atoms with Crippen LogP contribution in [0.3, 0.4) is 0 Å². The van der Waals surface area contributed by atoms with Crippen molar-refractivity contribution in [2.24, 2.45) is 0 Å². The van der Waals surface area contributed by atoms with E-state index in [9.17, 15) is 0 Å². The van der Waals surface area contributed by atoms with Gasteiger partial charge in [0.1, 0.15) is 5.52 Å². The van der Waals surface area contributed by atoms with Crippen LogP contribution in [0, 0.1) is 6.92 Å². The lowest BCUT2D eigenvalue weighted by Gasteiger charge is -2.04. The highest BCUT2D eigenvalue weighted by atomic mass is 35.5. The maximum absolute atomic E-state index is 6.13. The molecule has 0 bridgehead atoms. The molecule has 0 radical (unpaired) electrons. The Labute approximate surface area is 114 Å². The van der Waals surface area contributed by atoms with Gasteiger partial charge in [0, 0.05) is 17.3 Å². The van der Waals surface area contributed by atoms with E-state index in [4.69, 9.17) is 16.0 Å². The van der Waals surface area contributed by atoms with E-state index in [1.54, 1.807) is 0 Å². The lowest BCUT2D eigenvalue weighted by Crippen LogP contribution is -1.80. The van der Waals surface area contributed by atoms with Gasteiger partial charge < -0.3 is 4.42 Å². The number of oxazole rings is 1. The van der Waals surface area contributed by atoms with E-state index in [0.29, 0.717) is 5.89 Å². The van der Waals surface area contributed by atoms with Crippen LogP contribution in [0.25, 0.3) is 32.6 Å². The van der Waals surface area contributed by atoms with E-state index < -0.39 is 0 Å². The Hall–Kier alpha value is -2.06. The minimum absolute atomic E-state index is 0.682. The van der Waals surface area contributed by atoms with Gasteiger partial charge in [-0.2, -0.15) is 0 Å². The molecule has 0 unspecified atom stereocenters. The van der Waals surface area contributed by atoms with E-state index in [-0.39, 0.29) is 0 Å². The smallest absolute Gasteiger partial charge is 0.192 e. The van der Waals surface area contributed by atoms with Crippen molar-refractivity contribution in [3.63, 3.8) is 0 Å². The van der Waals surface area contributed by atoms with Crippen molar-refractivity contribution >= 4 is 44.2 Å². The predicted molar refractivity (Wildman–Crippen MR) is 78.8 cm³/mol. The van der Waals surface area contributed by atoms with Crippen LogP contribution >= 0.6 is 11.6 Å². The molecule has 3 aromatic carbocycles. The predicted octanol–water partition coefficient (Wildman–Crippen LogP) is 5.10. The molecule has 0 aliphatic heterocycles. The first kappa shape index (κ1) is 10.8. The summed E-state index contributed by atoms with van der Waals surface area (Å²) in [4.78, 5) is 4.51. The van der Waals surface area contributed by atoms with Crippen molar-refractivity contribution in [1.82, 2.24) is 4.98 Å². The van der Waals surface area contributed by atoms with Crippen LogP contribution in [0.4, 0.5) is 0 Å². The first-order valence-electron chi connectivity index (χ1n) is 6.10. The Balaban J connectivity index is 2.35. The Bertz CT molecular complexity index is 940. The molecule has 0 atom stereocenters. The number of halogens is 1. The Morgan fingerprint density at radius 3 is 2.63 bits per heavy atom. The molecule has 1 aromatic heterocycles. The average Bonchev–Trinajstić information content (AvgIpc) is 2.78. The minimum Gasteiger partial charge on any atom is -0.441 e.